The van der Waals surface area contributed by atoms with Crippen molar-refractivity contribution in [3.05, 3.63) is 23.4 Å². The molecule has 1 N–H and O–H groups in total. The normalized spacial score (nSPS) is 22.5. The van der Waals surface area contributed by atoms with Gasteiger partial charge in [0, 0.05) is 30.2 Å². The minimum Gasteiger partial charge on any atom is -0.478 e. The maximum Gasteiger partial charge on any atom is 0.335 e. The van der Waals surface area contributed by atoms with Crippen molar-refractivity contribution < 1.29 is 19.4 Å². The predicted molar refractivity (Wildman–Crippen MR) is 72.2 cm³/mol. The molecule has 0 aromatic carbocycles. The third-order valence-electron chi connectivity index (χ3n) is 3.79. The number of carboxylic acids is 1. The van der Waals surface area contributed by atoms with E-state index in [0.29, 0.717) is 30.9 Å². The highest BCUT2D eigenvalue weighted by molar-refractivity contribution is 5.88. The summed E-state index contributed by atoms with van der Waals surface area (Å²) in [5.74, 6) is 0.288. The third kappa shape index (κ3) is 3.28. The summed E-state index contributed by atoms with van der Waals surface area (Å²) in [7, 11) is 0. The smallest absolute Gasteiger partial charge is 0.335 e. The first-order chi connectivity index (χ1) is 9.72. The molecule has 108 valence electrons. The first-order valence-corrected chi connectivity index (χ1v) is 7.18. The largest absolute Gasteiger partial charge is 0.478 e. The maximum absolute atomic E-state index is 11.2. The SMILES string of the molecule is O=C(O)c1cc(OC[C@@H]2CCCOC2)nc(C2CC2)c1. The molecule has 0 bridgehead atoms. The minimum absolute atomic E-state index is 0.261. The highest BCUT2D eigenvalue weighted by atomic mass is 16.5. The number of aromatic nitrogens is 1. The van der Waals surface area contributed by atoms with E-state index in [-0.39, 0.29) is 5.56 Å². The van der Waals surface area contributed by atoms with Gasteiger partial charge in [-0.2, -0.15) is 0 Å². The Bertz CT molecular complexity index is 493. The van der Waals surface area contributed by atoms with Crippen molar-refractivity contribution in [3.8, 4) is 5.88 Å². The minimum atomic E-state index is -0.930. The second-order valence-corrected chi connectivity index (χ2v) is 5.59. The Hall–Kier alpha value is -1.62. The molecule has 2 aliphatic rings. The Balaban J connectivity index is 1.69. The summed E-state index contributed by atoms with van der Waals surface area (Å²) in [4.78, 5) is 15.6. The van der Waals surface area contributed by atoms with E-state index in [1.807, 2.05) is 0 Å². The summed E-state index contributed by atoms with van der Waals surface area (Å²) in [5.41, 5.74) is 1.11. The Labute approximate surface area is 117 Å². The molecule has 0 unspecified atom stereocenters. The van der Waals surface area contributed by atoms with Gasteiger partial charge in [0.2, 0.25) is 5.88 Å². The molecular formula is C15H19NO4. The van der Waals surface area contributed by atoms with Crippen molar-refractivity contribution in [1.82, 2.24) is 4.98 Å². The second kappa shape index (κ2) is 5.79. The van der Waals surface area contributed by atoms with E-state index in [2.05, 4.69) is 4.98 Å². The van der Waals surface area contributed by atoms with Gasteiger partial charge in [0.25, 0.3) is 0 Å². The van der Waals surface area contributed by atoms with Crippen LogP contribution in [0.3, 0.4) is 0 Å². The number of hydrogen-bond donors (Lipinski definition) is 1. The van der Waals surface area contributed by atoms with Crippen LogP contribution in [-0.4, -0.2) is 35.9 Å². The molecule has 0 spiro atoms. The van der Waals surface area contributed by atoms with Crippen molar-refractivity contribution >= 4 is 5.97 Å². The number of carboxylic acid groups (broad SMARTS) is 1. The Morgan fingerprint density at radius 3 is 2.90 bits per heavy atom. The van der Waals surface area contributed by atoms with E-state index < -0.39 is 5.97 Å². The van der Waals surface area contributed by atoms with Crippen LogP contribution < -0.4 is 4.74 Å². The molecule has 5 heteroatoms. The van der Waals surface area contributed by atoms with Crippen LogP contribution in [0.2, 0.25) is 0 Å². The molecule has 1 saturated carbocycles. The zero-order valence-corrected chi connectivity index (χ0v) is 11.4. The lowest BCUT2D eigenvalue weighted by Crippen LogP contribution is -2.23. The average molecular weight is 277 g/mol. The van der Waals surface area contributed by atoms with Gasteiger partial charge < -0.3 is 14.6 Å². The van der Waals surface area contributed by atoms with Crippen LogP contribution in [0.5, 0.6) is 5.88 Å². The van der Waals surface area contributed by atoms with Crippen molar-refractivity contribution in [3.63, 3.8) is 0 Å². The van der Waals surface area contributed by atoms with Crippen LogP contribution in [0.15, 0.2) is 12.1 Å². The van der Waals surface area contributed by atoms with Gasteiger partial charge in [-0.25, -0.2) is 9.78 Å². The molecule has 1 aliphatic carbocycles. The standard InChI is InChI=1S/C15H19NO4/c17-15(18)12-6-13(11-3-4-11)16-14(7-12)20-9-10-2-1-5-19-8-10/h6-7,10-11H,1-5,8-9H2,(H,17,18)/t10-/m1/s1. The first-order valence-electron chi connectivity index (χ1n) is 7.18. The molecule has 1 saturated heterocycles. The highest BCUT2D eigenvalue weighted by Crippen LogP contribution is 2.40. The van der Waals surface area contributed by atoms with Crippen molar-refractivity contribution in [2.24, 2.45) is 5.92 Å². The fourth-order valence-electron chi connectivity index (χ4n) is 2.45. The molecule has 2 heterocycles. The first kappa shape index (κ1) is 13.4. The lowest BCUT2D eigenvalue weighted by atomic mass is 10.0. The topological polar surface area (TPSA) is 68.7 Å². The fourth-order valence-corrected chi connectivity index (χ4v) is 2.45. The van der Waals surface area contributed by atoms with E-state index in [1.54, 1.807) is 6.07 Å². The van der Waals surface area contributed by atoms with Gasteiger partial charge in [-0.3, -0.25) is 0 Å². The Kier molecular flexibility index (Phi) is 3.87. The molecule has 20 heavy (non-hydrogen) atoms. The van der Waals surface area contributed by atoms with Crippen LogP contribution in [0.1, 0.15) is 47.7 Å². The Morgan fingerprint density at radius 2 is 2.25 bits per heavy atom. The summed E-state index contributed by atoms with van der Waals surface area (Å²) in [6.45, 7) is 2.09. The lowest BCUT2D eigenvalue weighted by Gasteiger charge is -2.22. The molecule has 1 aromatic rings. The molecule has 1 aliphatic heterocycles. The fraction of sp³-hybridized carbons (Fsp3) is 0.600. The quantitative estimate of drug-likeness (QED) is 0.895. The van der Waals surface area contributed by atoms with Crippen LogP contribution in [-0.2, 0) is 4.74 Å². The third-order valence-corrected chi connectivity index (χ3v) is 3.79. The van der Waals surface area contributed by atoms with Crippen LogP contribution in [0.4, 0.5) is 0 Å². The highest BCUT2D eigenvalue weighted by Gasteiger charge is 2.27. The predicted octanol–water partition coefficient (Wildman–Crippen LogP) is 2.46. The lowest BCUT2D eigenvalue weighted by molar-refractivity contribution is 0.0343. The monoisotopic (exact) mass is 277 g/mol. The van der Waals surface area contributed by atoms with Gasteiger partial charge in [-0.15, -0.1) is 0 Å². The molecule has 2 fully saturated rings. The number of nitrogens with zero attached hydrogens (tertiary/aromatic N) is 1. The second-order valence-electron chi connectivity index (χ2n) is 5.59. The Morgan fingerprint density at radius 1 is 1.40 bits per heavy atom. The molecule has 3 rings (SSSR count). The number of hydrogen-bond acceptors (Lipinski definition) is 4. The van der Waals surface area contributed by atoms with Gasteiger partial charge in [-0.05, 0) is 31.7 Å². The summed E-state index contributed by atoms with van der Waals surface area (Å²) >= 11 is 0. The molecule has 1 atom stereocenters. The van der Waals surface area contributed by atoms with Gasteiger partial charge >= 0.3 is 5.97 Å². The summed E-state index contributed by atoms with van der Waals surface area (Å²) in [6.07, 6.45) is 4.33. The van der Waals surface area contributed by atoms with Crippen LogP contribution in [0.25, 0.3) is 0 Å². The van der Waals surface area contributed by atoms with Crippen molar-refractivity contribution in [1.29, 1.82) is 0 Å². The van der Waals surface area contributed by atoms with Gasteiger partial charge in [0.05, 0.1) is 18.8 Å². The number of rotatable bonds is 5. The zero-order valence-electron chi connectivity index (χ0n) is 11.4. The number of ether oxygens (including phenoxy) is 2. The average Bonchev–Trinajstić information content (AvgIpc) is 3.30. The van der Waals surface area contributed by atoms with E-state index in [1.165, 1.54) is 6.07 Å². The summed E-state index contributed by atoms with van der Waals surface area (Å²) in [6, 6.07) is 3.18. The molecule has 0 radical (unpaired) electrons. The number of aromatic carboxylic acids is 1. The van der Waals surface area contributed by atoms with E-state index >= 15 is 0 Å². The van der Waals surface area contributed by atoms with E-state index in [9.17, 15) is 4.79 Å². The summed E-state index contributed by atoms with van der Waals surface area (Å²) < 4.78 is 11.1. The molecular weight excluding hydrogens is 258 g/mol. The van der Waals surface area contributed by atoms with Crippen LogP contribution >= 0.6 is 0 Å². The molecule has 0 amide bonds. The van der Waals surface area contributed by atoms with Gasteiger partial charge in [0.1, 0.15) is 0 Å². The molecule has 1 aromatic heterocycles. The number of carbonyl (C=O) groups is 1. The van der Waals surface area contributed by atoms with Crippen molar-refractivity contribution in [2.45, 2.75) is 31.6 Å². The van der Waals surface area contributed by atoms with E-state index in [0.717, 1.165) is 38.0 Å². The maximum atomic E-state index is 11.2. The van der Waals surface area contributed by atoms with Crippen molar-refractivity contribution in [2.75, 3.05) is 19.8 Å². The molecule has 5 nitrogen and oxygen atoms in total. The number of pyridine rings is 1. The van der Waals surface area contributed by atoms with E-state index in [4.69, 9.17) is 14.6 Å². The zero-order chi connectivity index (χ0) is 13.9. The van der Waals surface area contributed by atoms with Gasteiger partial charge in [-0.1, -0.05) is 0 Å². The summed E-state index contributed by atoms with van der Waals surface area (Å²) in [5, 5.41) is 9.15. The van der Waals surface area contributed by atoms with Crippen LogP contribution in [0, 0.1) is 5.92 Å². The van der Waals surface area contributed by atoms with Gasteiger partial charge in [0.15, 0.2) is 0 Å².